The van der Waals surface area contributed by atoms with Crippen molar-refractivity contribution in [2.45, 2.75) is 32.6 Å². The summed E-state index contributed by atoms with van der Waals surface area (Å²) in [5.74, 6) is 1.46. The normalized spacial score (nSPS) is 17.5. The number of anilines is 1. The molecule has 0 radical (unpaired) electrons. The number of thiocarbonyl (C=S) groups is 1. The van der Waals surface area contributed by atoms with Crippen LogP contribution in [0, 0.1) is 13.8 Å². The molecule has 0 saturated carbocycles. The standard InChI is InChI=1S/C21H24N4S/c1-14-9-10-18-19(12-14)23-20(22-18)16-7-5-11-25(13-16)21(26)24-17-8-4-3-6-15(17)2/h3-4,6,8-10,12,16H,5,7,11,13H2,1-2H3,(H,22,23)(H,24,26)/t16-/m1/s1. The van der Waals surface area contributed by atoms with Crippen LogP contribution < -0.4 is 5.32 Å². The van der Waals surface area contributed by atoms with E-state index in [0.29, 0.717) is 5.92 Å². The van der Waals surface area contributed by atoms with Gasteiger partial charge in [-0.05, 0) is 68.2 Å². The molecule has 4 rings (SSSR count). The smallest absolute Gasteiger partial charge is 0.173 e. The molecule has 1 fully saturated rings. The molecule has 0 aliphatic carbocycles. The van der Waals surface area contributed by atoms with E-state index in [0.717, 1.165) is 53.6 Å². The highest BCUT2D eigenvalue weighted by Gasteiger charge is 2.25. The Morgan fingerprint density at radius 3 is 2.92 bits per heavy atom. The highest BCUT2D eigenvalue weighted by molar-refractivity contribution is 7.80. The molecule has 0 spiro atoms. The van der Waals surface area contributed by atoms with Gasteiger partial charge in [-0.3, -0.25) is 0 Å². The van der Waals surface area contributed by atoms with Gasteiger partial charge in [0.2, 0.25) is 0 Å². The second kappa shape index (κ2) is 7.08. The van der Waals surface area contributed by atoms with Crippen molar-refractivity contribution in [3.8, 4) is 0 Å². The maximum atomic E-state index is 5.68. The Balaban J connectivity index is 1.49. The molecule has 1 aromatic heterocycles. The molecule has 2 aromatic carbocycles. The molecular formula is C21H24N4S. The molecule has 2 heterocycles. The van der Waals surface area contributed by atoms with Gasteiger partial charge in [0.05, 0.1) is 11.0 Å². The predicted molar refractivity (Wildman–Crippen MR) is 112 cm³/mol. The molecule has 0 amide bonds. The number of para-hydroxylation sites is 1. The summed E-state index contributed by atoms with van der Waals surface area (Å²) in [4.78, 5) is 10.6. The second-order valence-corrected chi connectivity index (χ2v) is 7.56. The second-order valence-electron chi connectivity index (χ2n) is 7.17. The highest BCUT2D eigenvalue weighted by Crippen LogP contribution is 2.27. The Bertz CT molecular complexity index is 946. The SMILES string of the molecule is Cc1ccc2nc([C@@H]3CCCN(C(=S)Nc4ccccc4C)C3)[nH]c2c1. The first kappa shape index (κ1) is 17.0. The number of aromatic amines is 1. The van der Waals surface area contributed by atoms with E-state index in [2.05, 4.69) is 59.4 Å². The Hall–Kier alpha value is -2.40. The lowest BCUT2D eigenvalue weighted by Gasteiger charge is -2.34. The fourth-order valence-corrected chi connectivity index (χ4v) is 3.90. The Morgan fingerprint density at radius 1 is 1.23 bits per heavy atom. The Labute approximate surface area is 159 Å². The van der Waals surface area contributed by atoms with Gasteiger partial charge in [-0.2, -0.15) is 0 Å². The quantitative estimate of drug-likeness (QED) is 0.644. The number of imidazole rings is 1. The number of aryl methyl sites for hydroxylation is 2. The molecule has 1 atom stereocenters. The zero-order valence-corrected chi connectivity index (χ0v) is 16.1. The minimum absolute atomic E-state index is 0.382. The number of benzene rings is 2. The van der Waals surface area contributed by atoms with Crippen molar-refractivity contribution < 1.29 is 0 Å². The third-order valence-corrected chi connectivity index (χ3v) is 5.50. The Kier molecular flexibility index (Phi) is 4.64. The molecule has 1 aliphatic rings. The minimum Gasteiger partial charge on any atom is -0.348 e. The zero-order chi connectivity index (χ0) is 18.1. The van der Waals surface area contributed by atoms with E-state index in [4.69, 9.17) is 17.2 Å². The molecule has 26 heavy (non-hydrogen) atoms. The molecule has 0 unspecified atom stereocenters. The van der Waals surface area contributed by atoms with Gasteiger partial charge in [0.1, 0.15) is 5.82 Å². The van der Waals surface area contributed by atoms with Gasteiger partial charge < -0.3 is 15.2 Å². The Morgan fingerprint density at radius 2 is 2.08 bits per heavy atom. The lowest BCUT2D eigenvalue weighted by Crippen LogP contribution is -2.41. The fraction of sp³-hybridized carbons (Fsp3) is 0.333. The number of aromatic nitrogens is 2. The molecule has 5 heteroatoms. The van der Waals surface area contributed by atoms with Gasteiger partial charge >= 0.3 is 0 Å². The first-order chi connectivity index (χ1) is 12.6. The lowest BCUT2D eigenvalue weighted by atomic mass is 9.98. The summed E-state index contributed by atoms with van der Waals surface area (Å²) in [5.41, 5.74) is 5.71. The van der Waals surface area contributed by atoms with E-state index in [1.807, 2.05) is 12.1 Å². The molecule has 2 N–H and O–H groups in total. The van der Waals surface area contributed by atoms with Gasteiger partial charge in [-0.1, -0.05) is 24.3 Å². The van der Waals surface area contributed by atoms with Crippen LogP contribution in [-0.4, -0.2) is 33.1 Å². The minimum atomic E-state index is 0.382. The van der Waals surface area contributed by atoms with Gasteiger partial charge in [0.15, 0.2) is 5.11 Å². The molecule has 1 aliphatic heterocycles. The van der Waals surface area contributed by atoms with E-state index < -0.39 is 0 Å². The largest absolute Gasteiger partial charge is 0.348 e. The van der Waals surface area contributed by atoms with Crippen molar-refractivity contribution in [3.63, 3.8) is 0 Å². The van der Waals surface area contributed by atoms with Crippen LogP contribution in [0.4, 0.5) is 5.69 Å². The van der Waals surface area contributed by atoms with Crippen LogP contribution in [0.5, 0.6) is 0 Å². The molecule has 134 valence electrons. The lowest BCUT2D eigenvalue weighted by molar-refractivity contribution is 0.307. The third-order valence-electron chi connectivity index (χ3n) is 5.14. The van der Waals surface area contributed by atoms with E-state index in [-0.39, 0.29) is 0 Å². The summed E-state index contributed by atoms with van der Waals surface area (Å²) in [7, 11) is 0. The van der Waals surface area contributed by atoms with Crippen LogP contribution in [0.1, 0.15) is 35.7 Å². The van der Waals surface area contributed by atoms with Crippen molar-refractivity contribution in [2.24, 2.45) is 0 Å². The molecule has 3 aromatic rings. The summed E-state index contributed by atoms with van der Waals surface area (Å²) in [6, 6.07) is 14.6. The maximum absolute atomic E-state index is 5.68. The molecule has 1 saturated heterocycles. The van der Waals surface area contributed by atoms with Gasteiger partial charge in [0, 0.05) is 24.7 Å². The number of hydrogen-bond acceptors (Lipinski definition) is 2. The summed E-state index contributed by atoms with van der Waals surface area (Å²) in [6.45, 7) is 6.10. The van der Waals surface area contributed by atoms with Gasteiger partial charge in [-0.15, -0.1) is 0 Å². The summed E-state index contributed by atoms with van der Waals surface area (Å²) in [6.07, 6.45) is 2.26. The molecule has 0 bridgehead atoms. The van der Waals surface area contributed by atoms with E-state index in [9.17, 15) is 0 Å². The van der Waals surface area contributed by atoms with Crippen molar-refractivity contribution in [2.75, 3.05) is 18.4 Å². The monoisotopic (exact) mass is 364 g/mol. The maximum Gasteiger partial charge on any atom is 0.173 e. The molecule has 4 nitrogen and oxygen atoms in total. The van der Waals surface area contributed by atoms with Crippen LogP contribution in [0.3, 0.4) is 0 Å². The number of nitrogens with one attached hydrogen (secondary N) is 2. The van der Waals surface area contributed by atoms with Crippen LogP contribution in [0.2, 0.25) is 0 Å². The topological polar surface area (TPSA) is 44.0 Å². The summed E-state index contributed by atoms with van der Waals surface area (Å²) < 4.78 is 0. The number of fused-ring (bicyclic) bond motifs is 1. The average molecular weight is 365 g/mol. The van der Waals surface area contributed by atoms with Crippen LogP contribution in [0.25, 0.3) is 11.0 Å². The fourth-order valence-electron chi connectivity index (χ4n) is 3.63. The first-order valence-corrected chi connectivity index (χ1v) is 9.59. The third kappa shape index (κ3) is 3.44. The predicted octanol–water partition coefficient (Wildman–Crippen LogP) is 4.76. The summed E-state index contributed by atoms with van der Waals surface area (Å²) >= 11 is 5.68. The molecular weight excluding hydrogens is 340 g/mol. The van der Waals surface area contributed by atoms with E-state index >= 15 is 0 Å². The van der Waals surface area contributed by atoms with Crippen LogP contribution in [0.15, 0.2) is 42.5 Å². The zero-order valence-electron chi connectivity index (χ0n) is 15.2. The average Bonchev–Trinajstić information content (AvgIpc) is 3.07. The number of rotatable bonds is 2. The number of hydrogen-bond donors (Lipinski definition) is 2. The number of H-pyrrole nitrogens is 1. The van der Waals surface area contributed by atoms with Crippen molar-refractivity contribution in [3.05, 3.63) is 59.4 Å². The number of likely N-dealkylation sites (tertiary alicyclic amines) is 1. The summed E-state index contributed by atoms with van der Waals surface area (Å²) in [5, 5.41) is 4.21. The van der Waals surface area contributed by atoms with Crippen LogP contribution >= 0.6 is 12.2 Å². The first-order valence-electron chi connectivity index (χ1n) is 9.18. The van der Waals surface area contributed by atoms with Gasteiger partial charge in [0.25, 0.3) is 0 Å². The van der Waals surface area contributed by atoms with E-state index in [1.165, 1.54) is 11.1 Å². The highest BCUT2D eigenvalue weighted by atomic mass is 32.1. The number of nitrogens with zero attached hydrogens (tertiary/aromatic N) is 2. The van der Waals surface area contributed by atoms with Crippen molar-refractivity contribution in [1.29, 1.82) is 0 Å². The number of piperidine rings is 1. The van der Waals surface area contributed by atoms with Crippen molar-refractivity contribution >= 4 is 34.1 Å². The van der Waals surface area contributed by atoms with E-state index in [1.54, 1.807) is 0 Å². The van der Waals surface area contributed by atoms with Crippen LogP contribution in [-0.2, 0) is 0 Å². The van der Waals surface area contributed by atoms with Crippen molar-refractivity contribution in [1.82, 2.24) is 14.9 Å². The van der Waals surface area contributed by atoms with Gasteiger partial charge in [-0.25, -0.2) is 4.98 Å².